The van der Waals surface area contributed by atoms with Gasteiger partial charge in [0.1, 0.15) is 13.2 Å². The van der Waals surface area contributed by atoms with E-state index in [0.29, 0.717) is 19.3 Å². The molecule has 0 fully saturated rings. The molecule has 0 aliphatic rings. The third-order valence-electron chi connectivity index (χ3n) is 13.4. The molecule has 0 saturated heterocycles. The highest BCUT2D eigenvalue weighted by atomic mass is 16.6. The van der Waals surface area contributed by atoms with Gasteiger partial charge in [0.2, 0.25) is 0 Å². The van der Waals surface area contributed by atoms with Gasteiger partial charge in [-0.25, -0.2) is 0 Å². The van der Waals surface area contributed by atoms with Crippen molar-refractivity contribution in [1.29, 1.82) is 0 Å². The smallest absolute Gasteiger partial charge is 0.306 e. The third kappa shape index (κ3) is 57.7. The maximum absolute atomic E-state index is 12.9. The standard InChI is InChI=1S/C66H116O6/c1-4-7-10-13-16-19-22-25-28-30-31-32-33-34-35-36-39-41-44-47-50-53-56-59-65(68)71-62-63(61-70-64(67)58-55-52-49-46-43-40-37-27-24-21-18-15-12-9-6-3)72-66(69)60-57-54-51-48-45-42-38-29-26-23-20-17-14-11-8-5-2/h9,12,18,20-21,23,27,29,37-38,43,46,63H,4-8,10-11,13-17,19,22,24-26,28,30-36,39-42,44-45,47-62H2,1-3H3/b12-9-,21-18-,23-20-,37-27-,38-29-,46-43-. The van der Waals surface area contributed by atoms with Gasteiger partial charge in [-0.1, -0.05) is 273 Å². The van der Waals surface area contributed by atoms with Gasteiger partial charge < -0.3 is 14.2 Å². The first-order valence-electron chi connectivity index (χ1n) is 30.9. The predicted octanol–water partition coefficient (Wildman–Crippen LogP) is 20.9. The molecule has 72 heavy (non-hydrogen) atoms. The zero-order valence-corrected chi connectivity index (χ0v) is 47.7. The van der Waals surface area contributed by atoms with Crippen LogP contribution < -0.4 is 0 Å². The molecule has 0 aromatic rings. The van der Waals surface area contributed by atoms with E-state index >= 15 is 0 Å². The second kappa shape index (κ2) is 60.4. The lowest BCUT2D eigenvalue weighted by atomic mass is 10.0. The van der Waals surface area contributed by atoms with E-state index in [0.717, 1.165) is 109 Å². The molecule has 0 aliphatic heterocycles. The zero-order chi connectivity index (χ0) is 52.2. The van der Waals surface area contributed by atoms with Crippen molar-refractivity contribution in [3.05, 3.63) is 72.9 Å². The summed E-state index contributed by atoms with van der Waals surface area (Å²) in [5, 5.41) is 0. The van der Waals surface area contributed by atoms with Gasteiger partial charge in [-0.2, -0.15) is 0 Å². The fourth-order valence-electron chi connectivity index (χ4n) is 8.82. The van der Waals surface area contributed by atoms with Crippen LogP contribution in [0.2, 0.25) is 0 Å². The lowest BCUT2D eigenvalue weighted by Gasteiger charge is -2.18. The van der Waals surface area contributed by atoms with Crippen molar-refractivity contribution >= 4 is 17.9 Å². The first-order valence-corrected chi connectivity index (χ1v) is 30.9. The summed E-state index contributed by atoms with van der Waals surface area (Å²) in [6, 6.07) is 0. The molecule has 0 bridgehead atoms. The topological polar surface area (TPSA) is 78.9 Å². The molecule has 0 aromatic heterocycles. The predicted molar refractivity (Wildman–Crippen MR) is 311 cm³/mol. The van der Waals surface area contributed by atoms with E-state index in [2.05, 4.69) is 93.7 Å². The van der Waals surface area contributed by atoms with Crippen molar-refractivity contribution in [2.24, 2.45) is 0 Å². The second-order valence-electron chi connectivity index (χ2n) is 20.6. The van der Waals surface area contributed by atoms with Crippen LogP contribution in [-0.2, 0) is 28.6 Å². The van der Waals surface area contributed by atoms with E-state index < -0.39 is 6.10 Å². The van der Waals surface area contributed by atoms with Crippen LogP contribution in [0.1, 0.15) is 310 Å². The molecule has 6 heteroatoms. The summed E-state index contributed by atoms with van der Waals surface area (Å²) in [6.45, 7) is 6.50. The van der Waals surface area contributed by atoms with Crippen molar-refractivity contribution in [3.8, 4) is 0 Å². The van der Waals surface area contributed by atoms with Crippen LogP contribution in [0.15, 0.2) is 72.9 Å². The monoisotopic (exact) mass is 1000 g/mol. The number of allylic oxidation sites excluding steroid dienone is 12. The Morgan fingerprint density at radius 1 is 0.292 bits per heavy atom. The van der Waals surface area contributed by atoms with Gasteiger partial charge in [0.25, 0.3) is 0 Å². The van der Waals surface area contributed by atoms with E-state index in [1.807, 2.05) is 0 Å². The van der Waals surface area contributed by atoms with Gasteiger partial charge in [-0.05, 0) is 89.9 Å². The Balaban J connectivity index is 4.35. The van der Waals surface area contributed by atoms with Crippen LogP contribution in [0.25, 0.3) is 0 Å². The Morgan fingerprint density at radius 3 is 0.889 bits per heavy atom. The largest absolute Gasteiger partial charge is 0.462 e. The van der Waals surface area contributed by atoms with Gasteiger partial charge in [0, 0.05) is 19.3 Å². The maximum Gasteiger partial charge on any atom is 0.306 e. The Morgan fingerprint density at radius 2 is 0.542 bits per heavy atom. The first-order chi connectivity index (χ1) is 35.5. The number of rotatable bonds is 56. The van der Waals surface area contributed by atoms with Crippen molar-refractivity contribution in [3.63, 3.8) is 0 Å². The summed E-state index contributed by atoms with van der Waals surface area (Å²) < 4.78 is 16.9. The minimum absolute atomic E-state index is 0.0920. The van der Waals surface area contributed by atoms with Crippen molar-refractivity contribution in [2.45, 2.75) is 316 Å². The summed E-state index contributed by atoms with van der Waals surface area (Å²) >= 11 is 0. The van der Waals surface area contributed by atoms with E-state index in [1.165, 1.54) is 161 Å². The van der Waals surface area contributed by atoms with Crippen molar-refractivity contribution < 1.29 is 28.6 Å². The number of ether oxygens (including phenoxy) is 3. The Kier molecular flexibility index (Phi) is 57.8. The van der Waals surface area contributed by atoms with Gasteiger partial charge in [-0.15, -0.1) is 0 Å². The van der Waals surface area contributed by atoms with Crippen LogP contribution in [0.5, 0.6) is 0 Å². The third-order valence-corrected chi connectivity index (χ3v) is 13.4. The summed E-state index contributed by atoms with van der Waals surface area (Å²) in [5.41, 5.74) is 0. The maximum atomic E-state index is 12.9. The number of carbonyl (C=O) groups excluding carboxylic acids is 3. The quantitative estimate of drug-likeness (QED) is 0.0261. The van der Waals surface area contributed by atoms with Crippen LogP contribution in [0, 0.1) is 0 Å². The minimum Gasteiger partial charge on any atom is -0.462 e. The summed E-state index contributed by atoms with van der Waals surface area (Å²) in [5.74, 6) is -0.936. The Bertz CT molecular complexity index is 1340. The summed E-state index contributed by atoms with van der Waals surface area (Å²) in [7, 11) is 0. The van der Waals surface area contributed by atoms with Crippen LogP contribution in [0.3, 0.4) is 0 Å². The van der Waals surface area contributed by atoms with Gasteiger partial charge in [0.15, 0.2) is 6.10 Å². The lowest BCUT2D eigenvalue weighted by Crippen LogP contribution is -2.30. The number of hydrogen-bond acceptors (Lipinski definition) is 6. The number of unbranched alkanes of at least 4 members (excludes halogenated alkanes) is 33. The first kappa shape index (κ1) is 68.8. The molecule has 0 N–H and O–H groups in total. The number of carbonyl (C=O) groups is 3. The average Bonchev–Trinajstić information content (AvgIpc) is 3.38. The molecule has 0 radical (unpaired) electrons. The van der Waals surface area contributed by atoms with E-state index in [-0.39, 0.29) is 31.1 Å². The highest BCUT2D eigenvalue weighted by molar-refractivity contribution is 5.71. The highest BCUT2D eigenvalue weighted by Gasteiger charge is 2.19. The molecule has 6 nitrogen and oxygen atoms in total. The van der Waals surface area contributed by atoms with Gasteiger partial charge >= 0.3 is 17.9 Å². The average molecular weight is 1010 g/mol. The van der Waals surface area contributed by atoms with E-state index in [4.69, 9.17) is 14.2 Å². The fourth-order valence-corrected chi connectivity index (χ4v) is 8.82. The highest BCUT2D eigenvalue weighted by Crippen LogP contribution is 2.17. The van der Waals surface area contributed by atoms with Crippen LogP contribution in [-0.4, -0.2) is 37.2 Å². The lowest BCUT2D eigenvalue weighted by molar-refractivity contribution is -0.167. The molecular formula is C66H116O6. The van der Waals surface area contributed by atoms with Gasteiger partial charge in [-0.3, -0.25) is 14.4 Å². The second-order valence-corrected chi connectivity index (χ2v) is 20.6. The molecule has 0 saturated carbocycles. The normalized spacial score (nSPS) is 12.5. The Hall–Kier alpha value is -3.15. The van der Waals surface area contributed by atoms with E-state index in [1.54, 1.807) is 0 Å². The fraction of sp³-hybridized carbons (Fsp3) is 0.773. The molecular weight excluding hydrogens is 889 g/mol. The van der Waals surface area contributed by atoms with Crippen LogP contribution in [0.4, 0.5) is 0 Å². The molecule has 1 atom stereocenters. The molecule has 0 rings (SSSR count). The molecule has 416 valence electrons. The zero-order valence-electron chi connectivity index (χ0n) is 47.7. The number of esters is 3. The van der Waals surface area contributed by atoms with Crippen LogP contribution >= 0.6 is 0 Å². The minimum atomic E-state index is -0.799. The summed E-state index contributed by atoms with van der Waals surface area (Å²) in [4.78, 5) is 38.2. The molecule has 0 aromatic carbocycles. The molecule has 0 aliphatic carbocycles. The SMILES string of the molecule is CC/C=C\C/C=C\C/C=C\C/C=C\CCCCC(=O)OCC(COC(=O)CCCCCCCCCCCCCCCCCCCCCCCCC)OC(=O)CCCCCCC/C=C\C/C=C\CCCCCC. The van der Waals surface area contributed by atoms with Gasteiger partial charge in [0.05, 0.1) is 0 Å². The molecule has 0 spiro atoms. The molecule has 0 heterocycles. The van der Waals surface area contributed by atoms with Crippen molar-refractivity contribution in [1.82, 2.24) is 0 Å². The Labute approximate surface area is 446 Å². The van der Waals surface area contributed by atoms with E-state index in [9.17, 15) is 14.4 Å². The molecule has 1 unspecified atom stereocenters. The van der Waals surface area contributed by atoms with Crippen molar-refractivity contribution in [2.75, 3.05) is 13.2 Å². The molecule has 0 amide bonds. The summed E-state index contributed by atoms with van der Waals surface area (Å²) in [6.07, 6.45) is 77.7. The number of hydrogen-bond donors (Lipinski definition) is 0.